The first-order chi connectivity index (χ1) is 10.6. The lowest BCUT2D eigenvalue weighted by Gasteiger charge is -2.05. The zero-order chi connectivity index (χ0) is 15.7. The molecule has 0 aliphatic carbocycles. The standard InChI is InChI=1S/C18H20N4/c1-5-22-16-9-7-6-8-15(16)19-18(22)21-20-17-13(3)10-12(2)11-14(17)4/h6-11H,5H2,1-4H3. The zero-order valence-corrected chi connectivity index (χ0v) is 13.5. The maximum atomic E-state index is 4.58. The number of fused-ring (bicyclic) bond motifs is 1. The van der Waals surface area contributed by atoms with Crippen LogP contribution in [0.15, 0.2) is 46.6 Å². The number of imidazole rings is 1. The van der Waals surface area contributed by atoms with Gasteiger partial charge in [0.15, 0.2) is 0 Å². The van der Waals surface area contributed by atoms with Gasteiger partial charge in [0.25, 0.3) is 0 Å². The second-order valence-corrected chi connectivity index (χ2v) is 5.59. The summed E-state index contributed by atoms with van der Waals surface area (Å²) in [5.74, 6) is 0.656. The van der Waals surface area contributed by atoms with E-state index < -0.39 is 0 Å². The molecule has 0 amide bonds. The van der Waals surface area contributed by atoms with Crippen LogP contribution >= 0.6 is 0 Å². The zero-order valence-electron chi connectivity index (χ0n) is 13.5. The Hall–Kier alpha value is -2.49. The molecule has 0 saturated heterocycles. The van der Waals surface area contributed by atoms with Crippen molar-refractivity contribution in [1.29, 1.82) is 0 Å². The third kappa shape index (κ3) is 2.52. The number of hydrogen-bond acceptors (Lipinski definition) is 3. The number of rotatable bonds is 3. The molecule has 4 heteroatoms. The Kier molecular flexibility index (Phi) is 3.75. The van der Waals surface area contributed by atoms with Gasteiger partial charge in [-0.05, 0) is 51.0 Å². The fourth-order valence-corrected chi connectivity index (χ4v) is 2.88. The Bertz CT molecular complexity index is 836. The minimum absolute atomic E-state index is 0.656. The van der Waals surface area contributed by atoms with Gasteiger partial charge >= 0.3 is 0 Å². The summed E-state index contributed by atoms with van der Waals surface area (Å²) in [5.41, 5.74) is 6.50. The van der Waals surface area contributed by atoms with E-state index in [1.807, 2.05) is 18.2 Å². The highest BCUT2D eigenvalue weighted by molar-refractivity contribution is 5.78. The van der Waals surface area contributed by atoms with Crippen LogP contribution in [0.4, 0.5) is 11.6 Å². The van der Waals surface area contributed by atoms with E-state index in [1.54, 1.807) is 0 Å². The first-order valence-electron chi connectivity index (χ1n) is 7.55. The number of benzene rings is 2. The van der Waals surface area contributed by atoms with E-state index in [1.165, 1.54) is 5.56 Å². The molecule has 3 aromatic rings. The van der Waals surface area contributed by atoms with E-state index in [-0.39, 0.29) is 0 Å². The van der Waals surface area contributed by atoms with Crippen LogP contribution in [-0.4, -0.2) is 9.55 Å². The average Bonchev–Trinajstić information content (AvgIpc) is 2.83. The van der Waals surface area contributed by atoms with Crippen LogP contribution < -0.4 is 0 Å². The summed E-state index contributed by atoms with van der Waals surface area (Å²) in [5, 5.41) is 8.87. The second kappa shape index (κ2) is 5.72. The Labute approximate surface area is 130 Å². The van der Waals surface area contributed by atoms with E-state index in [4.69, 9.17) is 0 Å². The van der Waals surface area contributed by atoms with Crippen molar-refractivity contribution in [3.05, 3.63) is 53.1 Å². The highest BCUT2D eigenvalue weighted by Crippen LogP contribution is 2.28. The maximum absolute atomic E-state index is 4.58. The van der Waals surface area contributed by atoms with Gasteiger partial charge in [-0.2, -0.15) is 0 Å². The van der Waals surface area contributed by atoms with Gasteiger partial charge in [-0.15, -0.1) is 10.2 Å². The lowest BCUT2D eigenvalue weighted by molar-refractivity contribution is 0.781. The van der Waals surface area contributed by atoms with Crippen LogP contribution in [0.2, 0.25) is 0 Å². The van der Waals surface area contributed by atoms with Crippen LogP contribution in [-0.2, 0) is 6.54 Å². The molecule has 0 aliphatic rings. The lowest BCUT2D eigenvalue weighted by Crippen LogP contribution is -1.92. The molecule has 0 spiro atoms. The van der Waals surface area contributed by atoms with Crippen molar-refractivity contribution < 1.29 is 0 Å². The molecule has 2 aromatic carbocycles. The van der Waals surface area contributed by atoms with Gasteiger partial charge < -0.3 is 4.57 Å². The summed E-state index contributed by atoms with van der Waals surface area (Å²) in [6.07, 6.45) is 0. The van der Waals surface area contributed by atoms with Crippen molar-refractivity contribution in [2.45, 2.75) is 34.2 Å². The summed E-state index contributed by atoms with van der Waals surface area (Å²) in [7, 11) is 0. The van der Waals surface area contributed by atoms with Crippen molar-refractivity contribution in [3.63, 3.8) is 0 Å². The number of hydrogen-bond donors (Lipinski definition) is 0. The van der Waals surface area contributed by atoms with E-state index in [9.17, 15) is 0 Å². The van der Waals surface area contributed by atoms with E-state index >= 15 is 0 Å². The molecule has 0 radical (unpaired) electrons. The Morgan fingerprint density at radius 1 is 1.00 bits per heavy atom. The quantitative estimate of drug-likeness (QED) is 0.596. The fraction of sp³-hybridized carbons (Fsp3) is 0.278. The Balaban J connectivity index is 2.07. The van der Waals surface area contributed by atoms with Crippen molar-refractivity contribution in [2.24, 2.45) is 10.2 Å². The monoisotopic (exact) mass is 292 g/mol. The normalized spacial score (nSPS) is 11.6. The summed E-state index contributed by atoms with van der Waals surface area (Å²) >= 11 is 0. The molecule has 0 atom stereocenters. The van der Waals surface area contributed by atoms with Crippen molar-refractivity contribution in [3.8, 4) is 0 Å². The van der Waals surface area contributed by atoms with Crippen molar-refractivity contribution >= 4 is 22.7 Å². The first kappa shape index (κ1) is 14.4. The minimum atomic E-state index is 0.656. The van der Waals surface area contributed by atoms with Gasteiger partial charge in [0.1, 0.15) is 0 Å². The molecule has 1 aromatic heterocycles. The largest absolute Gasteiger partial charge is 0.307 e. The third-order valence-corrected chi connectivity index (χ3v) is 3.83. The molecule has 0 fully saturated rings. The topological polar surface area (TPSA) is 42.5 Å². The van der Waals surface area contributed by atoms with Gasteiger partial charge in [-0.25, -0.2) is 4.98 Å². The number of azo groups is 1. The molecular formula is C18H20N4. The summed E-state index contributed by atoms with van der Waals surface area (Å²) < 4.78 is 2.08. The van der Waals surface area contributed by atoms with Crippen LogP contribution in [0.3, 0.4) is 0 Å². The van der Waals surface area contributed by atoms with Gasteiger partial charge in [-0.1, -0.05) is 29.8 Å². The molecule has 22 heavy (non-hydrogen) atoms. The smallest absolute Gasteiger partial charge is 0.250 e. The molecule has 1 heterocycles. The predicted octanol–water partition coefficient (Wildman–Crippen LogP) is 5.40. The molecule has 0 N–H and O–H groups in total. The van der Waals surface area contributed by atoms with Crippen LogP contribution in [0.5, 0.6) is 0 Å². The van der Waals surface area contributed by atoms with Crippen LogP contribution in [0, 0.1) is 20.8 Å². The fourth-order valence-electron chi connectivity index (χ4n) is 2.88. The molecule has 0 saturated carbocycles. The Morgan fingerprint density at radius 2 is 1.68 bits per heavy atom. The van der Waals surface area contributed by atoms with Crippen molar-refractivity contribution in [1.82, 2.24) is 9.55 Å². The molecule has 0 bridgehead atoms. The van der Waals surface area contributed by atoms with Gasteiger partial charge in [0.2, 0.25) is 5.95 Å². The SMILES string of the molecule is CCn1c(N=Nc2c(C)cc(C)cc2C)nc2ccccc21. The van der Waals surface area contributed by atoms with E-state index in [2.05, 4.69) is 65.7 Å². The van der Waals surface area contributed by atoms with Crippen LogP contribution in [0.25, 0.3) is 11.0 Å². The molecule has 0 aliphatic heterocycles. The molecular weight excluding hydrogens is 272 g/mol. The third-order valence-electron chi connectivity index (χ3n) is 3.83. The van der Waals surface area contributed by atoms with Crippen LogP contribution in [0.1, 0.15) is 23.6 Å². The summed E-state index contributed by atoms with van der Waals surface area (Å²) in [6.45, 7) is 9.14. The Morgan fingerprint density at radius 3 is 2.36 bits per heavy atom. The number of nitrogens with zero attached hydrogens (tertiary/aromatic N) is 4. The van der Waals surface area contributed by atoms with Crippen molar-refractivity contribution in [2.75, 3.05) is 0 Å². The van der Waals surface area contributed by atoms with Gasteiger partial charge in [0, 0.05) is 6.54 Å². The molecule has 112 valence electrons. The first-order valence-corrected chi connectivity index (χ1v) is 7.55. The van der Waals surface area contributed by atoms with Gasteiger partial charge in [-0.3, -0.25) is 0 Å². The predicted molar refractivity (Wildman–Crippen MR) is 90.2 cm³/mol. The van der Waals surface area contributed by atoms with E-state index in [0.717, 1.165) is 34.4 Å². The number of para-hydroxylation sites is 2. The second-order valence-electron chi connectivity index (χ2n) is 5.59. The maximum Gasteiger partial charge on any atom is 0.250 e. The van der Waals surface area contributed by atoms with Gasteiger partial charge in [0.05, 0.1) is 16.7 Å². The average molecular weight is 292 g/mol. The minimum Gasteiger partial charge on any atom is -0.307 e. The van der Waals surface area contributed by atoms with E-state index in [0.29, 0.717) is 5.95 Å². The molecule has 0 unspecified atom stereocenters. The summed E-state index contributed by atoms with van der Waals surface area (Å²) in [6, 6.07) is 12.3. The number of aromatic nitrogens is 2. The lowest BCUT2D eigenvalue weighted by atomic mass is 10.1. The highest BCUT2D eigenvalue weighted by Gasteiger charge is 2.09. The molecule has 3 rings (SSSR count). The summed E-state index contributed by atoms with van der Waals surface area (Å²) in [4.78, 5) is 4.58. The number of aryl methyl sites for hydroxylation is 4. The highest BCUT2D eigenvalue weighted by atomic mass is 15.3. The molecule has 4 nitrogen and oxygen atoms in total.